The van der Waals surface area contributed by atoms with Gasteiger partial charge < -0.3 is 4.52 Å². The van der Waals surface area contributed by atoms with E-state index in [4.69, 9.17) is 4.52 Å². The minimum atomic E-state index is -0.123. The van der Waals surface area contributed by atoms with E-state index in [0.717, 1.165) is 17.8 Å². The van der Waals surface area contributed by atoms with Gasteiger partial charge in [0.2, 0.25) is 5.89 Å². The maximum Gasteiger partial charge on any atom is 0.262 e. The number of fused-ring (bicyclic) bond motifs is 4. The molecule has 4 aromatic rings. The van der Waals surface area contributed by atoms with Gasteiger partial charge in [-0.1, -0.05) is 29.4 Å². The fourth-order valence-corrected chi connectivity index (χ4v) is 4.68. The summed E-state index contributed by atoms with van der Waals surface area (Å²) in [5.74, 6) is 2.59. The Morgan fingerprint density at radius 1 is 1.21 bits per heavy atom. The molecule has 1 fully saturated rings. The van der Waals surface area contributed by atoms with Crippen molar-refractivity contribution in [3.05, 3.63) is 81.7 Å². The van der Waals surface area contributed by atoms with Crippen LogP contribution in [0, 0.1) is 12.8 Å². The van der Waals surface area contributed by atoms with Crippen molar-refractivity contribution in [2.24, 2.45) is 5.92 Å². The van der Waals surface area contributed by atoms with Crippen LogP contribution in [0.2, 0.25) is 0 Å². The molecule has 0 saturated heterocycles. The Morgan fingerprint density at radius 3 is 3.04 bits per heavy atom. The summed E-state index contributed by atoms with van der Waals surface area (Å²) in [7, 11) is 0. The Labute approximate surface area is 160 Å². The molecule has 0 radical (unpaired) electrons. The van der Waals surface area contributed by atoms with E-state index in [1.165, 1.54) is 22.0 Å². The molecule has 3 aromatic heterocycles. The summed E-state index contributed by atoms with van der Waals surface area (Å²) in [6.07, 6.45) is 5.86. The van der Waals surface area contributed by atoms with Gasteiger partial charge in [-0.15, -0.1) is 0 Å². The third-order valence-corrected chi connectivity index (χ3v) is 6.05. The summed E-state index contributed by atoms with van der Waals surface area (Å²) in [6, 6.07) is 8.60. The zero-order valence-corrected chi connectivity index (χ0v) is 15.2. The van der Waals surface area contributed by atoms with E-state index in [1.54, 1.807) is 12.4 Å². The van der Waals surface area contributed by atoms with E-state index in [0.29, 0.717) is 34.5 Å². The molecular weight excluding hydrogens is 354 g/mol. The number of hydrogen-bond donors (Lipinski definition) is 0. The summed E-state index contributed by atoms with van der Waals surface area (Å²) < 4.78 is 6.97. The number of hydrogen-bond acceptors (Lipinski definition) is 6. The predicted octanol–water partition coefficient (Wildman–Crippen LogP) is 2.58. The summed E-state index contributed by atoms with van der Waals surface area (Å²) in [4.78, 5) is 25.8. The fourth-order valence-electron chi connectivity index (χ4n) is 4.68. The molecule has 2 aliphatic carbocycles. The maximum absolute atomic E-state index is 12.8. The minimum absolute atomic E-state index is 0.123. The van der Waals surface area contributed by atoms with Gasteiger partial charge in [-0.2, -0.15) is 4.98 Å². The van der Waals surface area contributed by atoms with E-state index >= 15 is 0 Å². The average molecular weight is 371 g/mol. The summed E-state index contributed by atoms with van der Waals surface area (Å²) in [6.45, 7) is 2.08. The maximum atomic E-state index is 12.8. The molecule has 0 spiro atoms. The van der Waals surface area contributed by atoms with Crippen LogP contribution in [0.3, 0.4) is 0 Å². The van der Waals surface area contributed by atoms with Crippen LogP contribution in [0.25, 0.3) is 10.9 Å². The molecule has 6 rings (SSSR count). The Balaban J connectivity index is 1.28. The van der Waals surface area contributed by atoms with Crippen molar-refractivity contribution >= 4 is 10.9 Å². The Kier molecular flexibility index (Phi) is 3.12. The second kappa shape index (κ2) is 5.58. The van der Waals surface area contributed by atoms with Crippen molar-refractivity contribution in [2.75, 3.05) is 0 Å². The van der Waals surface area contributed by atoms with Crippen LogP contribution in [0.5, 0.6) is 0 Å². The van der Waals surface area contributed by atoms with Crippen molar-refractivity contribution in [1.82, 2.24) is 24.7 Å². The summed E-state index contributed by atoms with van der Waals surface area (Å²) in [5.41, 5.74) is 4.14. The van der Waals surface area contributed by atoms with Gasteiger partial charge in [0.15, 0.2) is 5.82 Å². The van der Waals surface area contributed by atoms with Gasteiger partial charge in [0.05, 0.1) is 23.4 Å². The highest BCUT2D eigenvalue weighted by Gasteiger charge is 2.58. The molecular formula is C21H17N5O2. The Bertz CT molecular complexity index is 1290. The molecule has 3 atom stereocenters. The van der Waals surface area contributed by atoms with Crippen molar-refractivity contribution in [3.63, 3.8) is 0 Å². The fraction of sp³-hybridized carbons (Fsp3) is 0.286. The lowest BCUT2D eigenvalue weighted by Crippen LogP contribution is -2.22. The number of rotatable bonds is 3. The largest absolute Gasteiger partial charge is 0.337 e. The van der Waals surface area contributed by atoms with E-state index in [2.05, 4.69) is 44.4 Å². The minimum Gasteiger partial charge on any atom is -0.337 e. The number of aryl methyl sites for hydroxylation is 1. The number of pyridine rings is 1. The topological polar surface area (TPSA) is 86.7 Å². The molecule has 2 aliphatic rings. The zero-order valence-electron chi connectivity index (χ0n) is 15.2. The Hall–Kier alpha value is -3.35. The van der Waals surface area contributed by atoms with E-state index in [-0.39, 0.29) is 12.1 Å². The van der Waals surface area contributed by atoms with E-state index < -0.39 is 0 Å². The zero-order chi connectivity index (χ0) is 18.8. The summed E-state index contributed by atoms with van der Waals surface area (Å²) >= 11 is 0. The number of nitrogens with zero attached hydrogens (tertiary/aromatic N) is 5. The molecule has 1 saturated carbocycles. The molecule has 3 unspecified atom stereocenters. The number of aromatic nitrogens is 5. The SMILES string of the molecule is Cc1cncc2ncn(Cc3nc(C4C5Cc6ccccc6C54)no3)c(=O)c12. The standard InChI is InChI=1S/C21H17N5O2/c1-11-7-22-8-15-17(11)21(27)26(10-23-15)9-16-24-20(25-28-16)19-14-6-12-4-2-3-5-13(12)18(14)19/h2-5,7-8,10,14,18-19H,6,9H2,1H3. The van der Waals surface area contributed by atoms with Crippen LogP contribution in [0.15, 0.2) is 52.3 Å². The van der Waals surface area contributed by atoms with Crippen LogP contribution in [0.4, 0.5) is 0 Å². The van der Waals surface area contributed by atoms with Gasteiger partial charge in [0, 0.05) is 12.1 Å². The van der Waals surface area contributed by atoms with Crippen molar-refractivity contribution in [1.29, 1.82) is 0 Å². The third kappa shape index (κ3) is 2.19. The van der Waals surface area contributed by atoms with Crippen LogP contribution >= 0.6 is 0 Å². The molecule has 7 heteroatoms. The molecule has 0 bridgehead atoms. The lowest BCUT2D eigenvalue weighted by Gasteiger charge is -2.05. The molecule has 28 heavy (non-hydrogen) atoms. The molecule has 1 aromatic carbocycles. The number of benzene rings is 1. The molecule has 0 aliphatic heterocycles. The van der Waals surface area contributed by atoms with Crippen LogP contribution < -0.4 is 5.56 Å². The van der Waals surface area contributed by atoms with Crippen LogP contribution in [0.1, 0.15) is 40.2 Å². The first kappa shape index (κ1) is 15.7. The van der Waals surface area contributed by atoms with Crippen molar-refractivity contribution < 1.29 is 4.52 Å². The monoisotopic (exact) mass is 371 g/mol. The highest BCUT2D eigenvalue weighted by atomic mass is 16.5. The molecule has 0 amide bonds. The first-order chi connectivity index (χ1) is 13.7. The average Bonchev–Trinajstić information content (AvgIpc) is 3.04. The lowest BCUT2D eigenvalue weighted by atomic mass is 10.0. The molecule has 138 valence electrons. The third-order valence-electron chi connectivity index (χ3n) is 6.05. The summed E-state index contributed by atoms with van der Waals surface area (Å²) in [5, 5.41) is 4.78. The highest BCUT2D eigenvalue weighted by molar-refractivity contribution is 5.79. The van der Waals surface area contributed by atoms with Crippen molar-refractivity contribution in [2.45, 2.75) is 31.7 Å². The van der Waals surface area contributed by atoms with Crippen molar-refractivity contribution in [3.8, 4) is 0 Å². The lowest BCUT2D eigenvalue weighted by molar-refractivity contribution is 0.364. The van der Waals surface area contributed by atoms with Gasteiger partial charge in [-0.25, -0.2) is 4.98 Å². The normalized spacial score (nSPS) is 22.2. The second-order valence-corrected chi connectivity index (χ2v) is 7.69. The van der Waals surface area contributed by atoms with Gasteiger partial charge >= 0.3 is 0 Å². The quantitative estimate of drug-likeness (QED) is 0.550. The predicted molar refractivity (Wildman–Crippen MR) is 101 cm³/mol. The van der Waals surface area contributed by atoms with E-state index in [9.17, 15) is 4.79 Å². The van der Waals surface area contributed by atoms with E-state index in [1.807, 2.05) is 6.92 Å². The first-order valence-electron chi connectivity index (χ1n) is 9.41. The van der Waals surface area contributed by atoms with Crippen LogP contribution in [-0.4, -0.2) is 24.7 Å². The van der Waals surface area contributed by atoms with Gasteiger partial charge in [-0.05, 0) is 41.9 Å². The molecule has 0 N–H and O–H groups in total. The highest BCUT2D eigenvalue weighted by Crippen LogP contribution is 2.65. The smallest absolute Gasteiger partial charge is 0.262 e. The Morgan fingerprint density at radius 2 is 2.11 bits per heavy atom. The first-order valence-corrected chi connectivity index (χ1v) is 9.41. The molecule has 3 heterocycles. The van der Waals surface area contributed by atoms with Gasteiger partial charge in [0.25, 0.3) is 5.56 Å². The van der Waals surface area contributed by atoms with Gasteiger partial charge in [0.1, 0.15) is 6.54 Å². The molecule has 7 nitrogen and oxygen atoms in total. The second-order valence-electron chi connectivity index (χ2n) is 7.69. The van der Waals surface area contributed by atoms with Crippen LogP contribution in [-0.2, 0) is 13.0 Å². The van der Waals surface area contributed by atoms with Gasteiger partial charge in [-0.3, -0.25) is 14.3 Å².